The van der Waals surface area contributed by atoms with E-state index in [-0.39, 0.29) is 11.9 Å². The van der Waals surface area contributed by atoms with Crippen molar-refractivity contribution >= 4 is 11.8 Å². The van der Waals surface area contributed by atoms with Crippen molar-refractivity contribution in [1.82, 2.24) is 5.32 Å². The molecule has 0 radical (unpaired) electrons. The highest BCUT2D eigenvalue weighted by Crippen LogP contribution is 2.33. The fraction of sp³-hybridized carbons (Fsp3) is 0.625. The Kier molecular flexibility index (Phi) is 6.17. The average Bonchev–Trinajstić information content (AvgIpc) is 2.49. The lowest BCUT2D eigenvalue weighted by Crippen LogP contribution is -2.21. The maximum atomic E-state index is 13.5. The molecule has 1 saturated carbocycles. The van der Waals surface area contributed by atoms with Gasteiger partial charge in [-0.05, 0) is 38.1 Å². The van der Waals surface area contributed by atoms with Gasteiger partial charge in [-0.1, -0.05) is 19.3 Å². The Labute approximate surface area is 125 Å². The zero-order chi connectivity index (χ0) is 14.4. The highest BCUT2D eigenvalue weighted by molar-refractivity contribution is 7.99. The molecule has 1 aromatic rings. The largest absolute Gasteiger partial charge is 0.496 e. The summed E-state index contributed by atoms with van der Waals surface area (Å²) >= 11 is 2.01. The van der Waals surface area contributed by atoms with Gasteiger partial charge < -0.3 is 10.1 Å². The molecule has 4 heteroatoms. The summed E-state index contributed by atoms with van der Waals surface area (Å²) in [4.78, 5) is 0. The lowest BCUT2D eigenvalue weighted by molar-refractivity contribution is 0.402. The lowest BCUT2D eigenvalue weighted by atomic mass is 10.0. The molecule has 2 rings (SSSR count). The third kappa shape index (κ3) is 4.13. The molecule has 20 heavy (non-hydrogen) atoms. The monoisotopic (exact) mass is 297 g/mol. The first-order valence-corrected chi connectivity index (χ1v) is 8.41. The number of thioether (sulfide) groups is 1. The third-order valence-corrected chi connectivity index (χ3v) is 5.44. The van der Waals surface area contributed by atoms with Crippen LogP contribution in [0.25, 0.3) is 0 Å². The van der Waals surface area contributed by atoms with Gasteiger partial charge in [0.1, 0.15) is 11.6 Å². The van der Waals surface area contributed by atoms with E-state index in [9.17, 15) is 4.39 Å². The van der Waals surface area contributed by atoms with Crippen molar-refractivity contribution in [1.29, 1.82) is 0 Å². The highest BCUT2D eigenvalue weighted by Gasteiger charge is 2.19. The Morgan fingerprint density at radius 3 is 2.75 bits per heavy atom. The number of nitrogens with one attached hydrogen (secondary N) is 1. The van der Waals surface area contributed by atoms with Crippen molar-refractivity contribution in [2.75, 3.05) is 19.9 Å². The van der Waals surface area contributed by atoms with E-state index >= 15 is 0 Å². The second-order valence-corrected chi connectivity index (χ2v) is 6.65. The number of ether oxygens (including phenoxy) is 1. The van der Waals surface area contributed by atoms with Crippen LogP contribution in [0.2, 0.25) is 0 Å². The van der Waals surface area contributed by atoms with Crippen molar-refractivity contribution < 1.29 is 9.13 Å². The normalized spacial score (nSPS) is 17.9. The summed E-state index contributed by atoms with van der Waals surface area (Å²) in [5.74, 6) is 1.51. The quantitative estimate of drug-likeness (QED) is 0.852. The molecule has 0 spiro atoms. The first-order valence-electron chi connectivity index (χ1n) is 7.37. The van der Waals surface area contributed by atoms with E-state index in [0.717, 1.165) is 22.3 Å². The second-order valence-electron chi connectivity index (χ2n) is 5.32. The number of halogens is 1. The molecule has 0 saturated heterocycles. The summed E-state index contributed by atoms with van der Waals surface area (Å²) in [6.07, 6.45) is 6.73. The van der Waals surface area contributed by atoms with Gasteiger partial charge in [0.15, 0.2) is 0 Å². The molecule has 1 atom stereocenters. The third-order valence-electron chi connectivity index (χ3n) is 3.97. The van der Waals surface area contributed by atoms with E-state index in [1.54, 1.807) is 19.2 Å². The van der Waals surface area contributed by atoms with Crippen LogP contribution < -0.4 is 10.1 Å². The molecule has 1 unspecified atom stereocenters. The number of methoxy groups -OCH3 is 1. The smallest absolute Gasteiger partial charge is 0.123 e. The molecule has 0 aliphatic heterocycles. The van der Waals surface area contributed by atoms with E-state index in [4.69, 9.17) is 4.74 Å². The molecule has 1 fully saturated rings. The maximum Gasteiger partial charge on any atom is 0.123 e. The fourth-order valence-corrected chi connectivity index (χ4v) is 4.25. The average molecular weight is 297 g/mol. The molecule has 0 heterocycles. The Morgan fingerprint density at radius 1 is 1.35 bits per heavy atom. The molecule has 112 valence electrons. The van der Waals surface area contributed by atoms with Crippen LogP contribution in [0, 0.1) is 5.82 Å². The second kappa shape index (κ2) is 7.89. The molecule has 1 aliphatic rings. The molecule has 2 nitrogen and oxygen atoms in total. The van der Waals surface area contributed by atoms with E-state index in [0.29, 0.717) is 0 Å². The highest BCUT2D eigenvalue weighted by atomic mass is 32.2. The summed E-state index contributed by atoms with van der Waals surface area (Å²) in [5, 5.41) is 4.06. The summed E-state index contributed by atoms with van der Waals surface area (Å²) in [6.45, 7) is 0. The summed E-state index contributed by atoms with van der Waals surface area (Å²) in [5.41, 5.74) is 0.915. The SMILES string of the molecule is CNC(CSC1CCCCC1)c1cc(F)ccc1OC. The number of hydrogen-bond acceptors (Lipinski definition) is 3. The lowest BCUT2D eigenvalue weighted by Gasteiger charge is -2.25. The van der Waals surface area contributed by atoms with E-state index < -0.39 is 0 Å². The van der Waals surface area contributed by atoms with Gasteiger partial charge in [-0.3, -0.25) is 0 Å². The zero-order valence-corrected chi connectivity index (χ0v) is 13.1. The van der Waals surface area contributed by atoms with E-state index in [2.05, 4.69) is 5.32 Å². The van der Waals surface area contributed by atoms with Crippen molar-refractivity contribution in [3.8, 4) is 5.75 Å². The molecule has 1 aromatic carbocycles. The first-order chi connectivity index (χ1) is 9.74. The van der Waals surface area contributed by atoms with Crippen molar-refractivity contribution in [3.63, 3.8) is 0 Å². The van der Waals surface area contributed by atoms with Crippen LogP contribution in [-0.4, -0.2) is 25.2 Å². The fourth-order valence-electron chi connectivity index (χ4n) is 2.77. The van der Waals surface area contributed by atoms with Gasteiger partial charge in [0.05, 0.1) is 7.11 Å². The van der Waals surface area contributed by atoms with Crippen LogP contribution in [0.4, 0.5) is 4.39 Å². The number of hydrogen-bond donors (Lipinski definition) is 1. The standard InChI is InChI=1S/C16H24FNOS/c1-18-15(11-20-13-6-4-3-5-7-13)14-10-12(17)8-9-16(14)19-2/h8-10,13,15,18H,3-7,11H2,1-2H3. The molecular formula is C16H24FNOS. The topological polar surface area (TPSA) is 21.3 Å². The molecular weight excluding hydrogens is 273 g/mol. The number of rotatable bonds is 6. The van der Waals surface area contributed by atoms with Crippen LogP contribution in [0.3, 0.4) is 0 Å². The van der Waals surface area contributed by atoms with Gasteiger partial charge in [0, 0.05) is 22.6 Å². The van der Waals surface area contributed by atoms with Crippen LogP contribution in [0.5, 0.6) is 5.75 Å². The van der Waals surface area contributed by atoms with Crippen LogP contribution in [-0.2, 0) is 0 Å². The zero-order valence-electron chi connectivity index (χ0n) is 12.3. The summed E-state index contributed by atoms with van der Waals surface area (Å²) in [7, 11) is 3.56. The van der Waals surface area contributed by atoms with Crippen molar-refractivity contribution in [2.24, 2.45) is 0 Å². The van der Waals surface area contributed by atoms with E-state index in [1.807, 2.05) is 18.8 Å². The van der Waals surface area contributed by atoms with Crippen molar-refractivity contribution in [2.45, 2.75) is 43.4 Å². The minimum absolute atomic E-state index is 0.132. The Morgan fingerprint density at radius 2 is 2.10 bits per heavy atom. The predicted molar refractivity (Wildman–Crippen MR) is 84.1 cm³/mol. The first kappa shape index (κ1) is 15.6. The van der Waals surface area contributed by atoms with Gasteiger partial charge >= 0.3 is 0 Å². The van der Waals surface area contributed by atoms with E-state index in [1.165, 1.54) is 38.2 Å². The Balaban J connectivity index is 2.01. The van der Waals surface area contributed by atoms with Crippen LogP contribution >= 0.6 is 11.8 Å². The van der Waals surface area contributed by atoms with Gasteiger partial charge in [-0.15, -0.1) is 0 Å². The predicted octanol–water partition coefficient (Wildman–Crippen LogP) is 4.16. The molecule has 0 aromatic heterocycles. The van der Waals surface area contributed by atoms with Crippen LogP contribution in [0.1, 0.15) is 43.7 Å². The van der Waals surface area contributed by atoms with Gasteiger partial charge in [0.25, 0.3) is 0 Å². The van der Waals surface area contributed by atoms with Crippen molar-refractivity contribution in [3.05, 3.63) is 29.6 Å². The molecule has 0 bridgehead atoms. The minimum atomic E-state index is -0.205. The molecule has 1 aliphatic carbocycles. The van der Waals surface area contributed by atoms with Gasteiger partial charge in [-0.2, -0.15) is 11.8 Å². The Bertz CT molecular complexity index is 421. The summed E-state index contributed by atoms with van der Waals surface area (Å²) < 4.78 is 18.8. The molecule has 1 N–H and O–H groups in total. The summed E-state index contributed by atoms with van der Waals surface area (Å²) in [6, 6.07) is 4.87. The number of benzene rings is 1. The van der Waals surface area contributed by atoms with Gasteiger partial charge in [-0.25, -0.2) is 4.39 Å². The van der Waals surface area contributed by atoms with Crippen LogP contribution in [0.15, 0.2) is 18.2 Å². The minimum Gasteiger partial charge on any atom is -0.496 e. The Hall–Kier alpha value is -0.740. The molecule has 0 amide bonds. The maximum absolute atomic E-state index is 13.5. The van der Waals surface area contributed by atoms with Gasteiger partial charge in [0.2, 0.25) is 0 Å².